The predicted octanol–water partition coefficient (Wildman–Crippen LogP) is 3.75. The number of likely N-dealkylation sites (N-methyl/N-ethyl adjacent to an activating group) is 1. The predicted molar refractivity (Wildman–Crippen MR) is 84.3 cm³/mol. The van der Waals surface area contributed by atoms with E-state index in [4.69, 9.17) is 5.73 Å². The average Bonchev–Trinajstić information content (AvgIpc) is 2.43. The zero-order chi connectivity index (χ0) is 14.3. The van der Waals surface area contributed by atoms with Crippen molar-refractivity contribution in [2.24, 2.45) is 11.7 Å². The molecule has 0 aromatic heterocycles. The van der Waals surface area contributed by atoms with E-state index in [-0.39, 0.29) is 6.04 Å². The quantitative estimate of drug-likeness (QED) is 0.773. The molecule has 0 saturated heterocycles. The minimum Gasteiger partial charge on any atom is -0.323 e. The minimum atomic E-state index is 0.121. The highest BCUT2D eigenvalue weighted by atomic mass is 15.1. The van der Waals surface area contributed by atoms with Crippen LogP contribution in [0.2, 0.25) is 0 Å². The monoisotopic (exact) mass is 262 g/mol. The van der Waals surface area contributed by atoms with Gasteiger partial charge in [-0.2, -0.15) is 0 Å². The number of nitrogens with two attached hydrogens (primary N) is 1. The van der Waals surface area contributed by atoms with E-state index in [1.807, 2.05) is 0 Å². The van der Waals surface area contributed by atoms with Gasteiger partial charge in [0.25, 0.3) is 0 Å². The highest BCUT2D eigenvalue weighted by Crippen LogP contribution is 2.18. The molecule has 0 aliphatic carbocycles. The number of aryl methyl sites for hydroxylation is 1. The van der Waals surface area contributed by atoms with E-state index in [1.54, 1.807) is 0 Å². The molecular formula is C17H30N2. The van der Waals surface area contributed by atoms with Crippen LogP contribution in [0.25, 0.3) is 0 Å². The molecule has 2 nitrogen and oxygen atoms in total. The van der Waals surface area contributed by atoms with Crippen molar-refractivity contribution >= 4 is 0 Å². The summed E-state index contributed by atoms with van der Waals surface area (Å²) in [5, 5.41) is 0. The summed E-state index contributed by atoms with van der Waals surface area (Å²) in [6.07, 6.45) is 2.51. The second-order valence-corrected chi connectivity index (χ2v) is 5.50. The van der Waals surface area contributed by atoms with Crippen molar-refractivity contribution in [1.29, 1.82) is 0 Å². The summed E-state index contributed by atoms with van der Waals surface area (Å²) >= 11 is 0. The van der Waals surface area contributed by atoms with E-state index in [9.17, 15) is 0 Å². The fourth-order valence-electron chi connectivity index (χ4n) is 2.62. The first-order valence-electron chi connectivity index (χ1n) is 7.65. The van der Waals surface area contributed by atoms with Gasteiger partial charge in [0.2, 0.25) is 0 Å². The molecule has 0 amide bonds. The third-order valence-corrected chi connectivity index (χ3v) is 4.16. The minimum absolute atomic E-state index is 0.121. The smallest absolute Gasteiger partial charge is 0.0426 e. The van der Waals surface area contributed by atoms with Crippen molar-refractivity contribution in [2.75, 3.05) is 19.6 Å². The molecule has 2 heteroatoms. The van der Waals surface area contributed by atoms with E-state index in [2.05, 4.69) is 56.9 Å². The first-order chi connectivity index (χ1) is 9.12. The SMILES string of the molecule is CCC(CC)CN(CC)CC(N)c1ccccc1C. The Hall–Kier alpha value is -0.860. The van der Waals surface area contributed by atoms with E-state index in [1.165, 1.54) is 30.5 Å². The summed E-state index contributed by atoms with van der Waals surface area (Å²) in [4.78, 5) is 2.49. The van der Waals surface area contributed by atoms with Crippen LogP contribution in [0.15, 0.2) is 24.3 Å². The van der Waals surface area contributed by atoms with Crippen LogP contribution in [-0.2, 0) is 0 Å². The lowest BCUT2D eigenvalue weighted by atomic mass is 9.99. The molecule has 0 fully saturated rings. The molecule has 0 aliphatic rings. The van der Waals surface area contributed by atoms with Crippen molar-refractivity contribution in [1.82, 2.24) is 4.90 Å². The van der Waals surface area contributed by atoms with E-state index >= 15 is 0 Å². The Morgan fingerprint density at radius 1 is 1.05 bits per heavy atom. The summed E-state index contributed by atoms with van der Waals surface area (Å²) < 4.78 is 0. The van der Waals surface area contributed by atoms with Gasteiger partial charge in [-0.3, -0.25) is 0 Å². The lowest BCUT2D eigenvalue weighted by Crippen LogP contribution is -2.35. The summed E-state index contributed by atoms with van der Waals surface area (Å²) in [5.41, 5.74) is 8.97. The van der Waals surface area contributed by atoms with Crippen LogP contribution in [0.1, 0.15) is 50.8 Å². The Kier molecular flexibility index (Phi) is 7.11. The van der Waals surface area contributed by atoms with Gasteiger partial charge in [-0.15, -0.1) is 0 Å². The maximum absolute atomic E-state index is 6.39. The van der Waals surface area contributed by atoms with Gasteiger partial charge < -0.3 is 10.6 Å². The van der Waals surface area contributed by atoms with Gasteiger partial charge >= 0.3 is 0 Å². The highest BCUT2D eigenvalue weighted by molar-refractivity contribution is 5.28. The Balaban J connectivity index is 2.63. The lowest BCUT2D eigenvalue weighted by molar-refractivity contribution is 0.221. The Morgan fingerprint density at radius 3 is 2.21 bits per heavy atom. The number of benzene rings is 1. The maximum Gasteiger partial charge on any atom is 0.0426 e. The molecule has 2 N–H and O–H groups in total. The van der Waals surface area contributed by atoms with Gasteiger partial charge in [-0.1, -0.05) is 57.9 Å². The summed E-state index contributed by atoms with van der Waals surface area (Å²) in [5.74, 6) is 0.795. The molecule has 0 radical (unpaired) electrons. The highest BCUT2D eigenvalue weighted by Gasteiger charge is 2.15. The number of hydrogen-bond acceptors (Lipinski definition) is 2. The molecule has 1 aromatic carbocycles. The summed E-state index contributed by atoms with van der Waals surface area (Å²) in [6.45, 7) is 12.1. The Labute approximate surface area is 119 Å². The number of hydrogen-bond donors (Lipinski definition) is 1. The zero-order valence-corrected chi connectivity index (χ0v) is 13.0. The zero-order valence-electron chi connectivity index (χ0n) is 13.0. The molecular weight excluding hydrogens is 232 g/mol. The Bertz CT molecular complexity index is 358. The molecule has 0 spiro atoms. The van der Waals surface area contributed by atoms with Crippen LogP contribution < -0.4 is 5.73 Å². The van der Waals surface area contributed by atoms with Crippen molar-refractivity contribution < 1.29 is 0 Å². The molecule has 108 valence electrons. The molecule has 0 saturated carbocycles. The van der Waals surface area contributed by atoms with Crippen LogP contribution in [0.5, 0.6) is 0 Å². The fourth-order valence-corrected chi connectivity index (χ4v) is 2.62. The summed E-state index contributed by atoms with van der Waals surface area (Å²) in [6, 6.07) is 8.58. The molecule has 0 heterocycles. The van der Waals surface area contributed by atoms with Crippen molar-refractivity contribution in [2.45, 2.75) is 46.6 Å². The normalized spacial score (nSPS) is 13.2. The fraction of sp³-hybridized carbons (Fsp3) is 0.647. The molecule has 1 rings (SSSR count). The second-order valence-electron chi connectivity index (χ2n) is 5.50. The van der Waals surface area contributed by atoms with Crippen LogP contribution in [0.3, 0.4) is 0 Å². The van der Waals surface area contributed by atoms with Crippen LogP contribution in [-0.4, -0.2) is 24.5 Å². The third kappa shape index (κ3) is 4.96. The number of rotatable bonds is 8. The van der Waals surface area contributed by atoms with Gasteiger partial charge in [0, 0.05) is 19.1 Å². The van der Waals surface area contributed by atoms with Gasteiger partial charge in [-0.05, 0) is 30.5 Å². The van der Waals surface area contributed by atoms with Crippen molar-refractivity contribution in [3.8, 4) is 0 Å². The summed E-state index contributed by atoms with van der Waals surface area (Å²) in [7, 11) is 0. The van der Waals surface area contributed by atoms with Gasteiger partial charge in [0.15, 0.2) is 0 Å². The molecule has 19 heavy (non-hydrogen) atoms. The largest absolute Gasteiger partial charge is 0.323 e. The van der Waals surface area contributed by atoms with Crippen LogP contribution in [0.4, 0.5) is 0 Å². The Morgan fingerprint density at radius 2 is 1.68 bits per heavy atom. The second kappa shape index (κ2) is 8.34. The molecule has 0 bridgehead atoms. The van der Waals surface area contributed by atoms with Gasteiger partial charge in [-0.25, -0.2) is 0 Å². The first kappa shape index (κ1) is 16.2. The van der Waals surface area contributed by atoms with Gasteiger partial charge in [0.1, 0.15) is 0 Å². The van der Waals surface area contributed by atoms with E-state index < -0.39 is 0 Å². The molecule has 1 aromatic rings. The van der Waals surface area contributed by atoms with Crippen LogP contribution in [0, 0.1) is 12.8 Å². The third-order valence-electron chi connectivity index (χ3n) is 4.16. The van der Waals surface area contributed by atoms with E-state index in [0.717, 1.165) is 19.0 Å². The first-order valence-corrected chi connectivity index (χ1v) is 7.65. The van der Waals surface area contributed by atoms with E-state index in [0.29, 0.717) is 0 Å². The maximum atomic E-state index is 6.39. The molecule has 1 atom stereocenters. The van der Waals surface area contributed by atoms with Crippen LogP contribution >= 0.6 is 0 Å². The lowest BCUT2D eigenvalue weighted by Gasteiger charge is -2.28. The van der Waals surface area contributed by atoms with Crippen molar-refractivity contribution in [3.05, 3.63) is 35.4 Å². The topological polar surface area (TPSA) is 29.3 Å². The average molecular weight is 262 g/mol. The standard InChI is InChI=1S/C17H30N2/c1-5-15(6-2)12-19(7-3)13-17(18)16-11-9-8-10-14(16)4/h8-11,15,17H,5-7,12-13,18H2,1-4H3. The van der Waals surface area contributed by atoms with Crippen molar-refractivity contribution in [3.63, 3.8) is 0 Å². The molecule has 0 aliphatic heterocycles. The number of nitrogens with zero attached hydrogens (tertiary/aromatic N) is 1. The van der Waals surface area contributed by atoms with Gasteiger partial charge in [0.05, 0.1) is 0 Å². The molecule has 1 unspecified atom stereocenters.